The Hall–Kier alpha value is -2.23. The lowest BCUT2D eigenvalue weighted by Gasteiger charge is -2.36. The van der Waals surface area contributed by atoms with Crippen LogP contribution >= 0.6 is 35.3 Å². The van der Waals surface area contributed by atoms with Gasteiger partial charge < -0.3 is 9.80 Å². The number of rotatable bonds is 5. The number of anilines is 1. The molecule has 0 unspecified atom stereocenters. The first-order valence-electron chi connectivity index (χ1n) is 9.17. The molecule has 2 heterocycles. The third kappa shape index (κ3) is 4.68. The summed E-state index contributed by atoms with van der Waals surface area (Å²) in [6.07, 6.45) is 0. The van der Waals surface area contributed by atoms with Crippen LogP contribution in [-0.2, 0) is 4.79 Å². The predicted molar refractivity (Wildman–Crippen MR) is 118 cm³/mol. The summed E-state index contributed by atoms with van der Waals surface area (Å²) in [4.78, 5) is 16.4. The Kier molecular flexibility index (Phi) is 6.27. The van der Waals surface area contributed by atoms with Gasteiger partial charge >= 0.3 is 0 Å². The second kappa shape index (κ2) is 9.06. The molecule has 4 rings (SSSR count). The molecule has 5 nitrogen and oxygen atoms in total. The van der Waals surface area contributed by atoms with Crippen LogP contribution in [0.2, 0.25) is 0 Å². The second-order valence-corrected chi connectivity index (χ2v) is 9.33. The zero-order chi connectivity index (χ0) is 20.2. The van der Waals surface area contributed by atoms with Crippen molar-refractivity contribution in [2.75, 3.05) is 36.8 Å². The highest BCUT2D eigenvalue weighted by Crippen LogP contribution is 2.25. The molecular weight excluding hydrogens is 427 g/mol. The van der Waals surface area contributed by atoms with Gasteiger partial charge in [-0.05, 0) is 36.5 Å². The normalized spacial score (nSPS) is 14.2. The number of aromatic nitrogens is 2. The fourth-order valence-corrected chi connectivity index (χ4v) is 5.44. The maximum atomic E-state index is 14.0. The molecule has 1 aromatic heterocycles. The molecule has 1 amide bonds. The molecule has 0 atom stereocenters. The standard InChI is InChI=1S/C20H19FN4OS3/c21-16-8-4-5-9-17(16)23-10-12-24(13-11-23)18(26)14-28-19-22-25(20(27)29-19)15-6-2-1-3-7-15/h1-9H,10-14H2. The van der Waals surface area contributed by atoms with Gasteiger partial charge in [0.15, 0.2) is 8.29 Å². The van der Waals surface area contributed by atoms with Gasteiger partial charge in [-0.15, -0.1) is 5.10 Å². The zero-order valence-corrected chi connectivity index (χ0v) is 18.0. The SMILES string of the molecule is O=C(CSc1nn(-c2ccccc2)c(=S)s1)N1CCN(c2ccccc2F)CC1. The maximum Gasteiger partial charge on any atom is 0.233 e. The Balaban J connectivity index is 1.32. The van der Waals surface area contributed by atoms with Crippen LogP contribution in [-0.4, -0.2) is 52.5 Å². The highest BCUT2D eigenvalue weighted by atomic mass is 32.2. The van der Waals surface area contributed by atoms with Crippen molar-refractivity contribution >= 4 is 46.9 Å². The van der Waals surface area contributed by atoms with Crippen LogP contribution in [0.1, 0.15) is 0 Å². The largest absolute Gasteiger partial charge is 0.366 e. The van der Waals surface area contributed by atoms with Crippen molar-refractivity contribution in [2.45, 2.75) is 4.34 Å². The zero-order valence-electron chi connectivity index (χ0n) is 15.5. The topological polar surface area (TPSA) is 41.4 Å². The van der Waals surface area contributed by atoms with Gasteiger partial charge in [-0.2, -0.15) is 0 Å². The summed E-state index contributed by atoms with van der Waals surface area (Å²) in [6, 6.07) is 16.5. The molecule has 1 aliphatic heterocycles. The molecule has 3 aromatic rings. The van der Waals surface area contributed by atoms with E-state index in [1.807, 2.05) is 46.2 Å². The van der Waals surface area contributed by atoms with Crippen LogP contribution < -0.4 is 4.90 Å². The van der Waals surface area contributed by atoms with Crippen LogP contribution in [0.4, 0.5) is 10.1 Å². The summed E-state index contributed by atoms with van der Waals surface area (Å²) in [7, 11) is 0. The molecular formula is C20H19FN4OS3. The Morgan fingerprint density at radius 1 is 1.07 bits per heavy atom. The molecule has 29 heavy (non-hydrogen) atoms. The number of hydrogen-bond donors (Lipinski definition) is 0. The van der Waals surface area contributed by atoms with E-state index in [0.29, 0.717) is 41.6 Å². The van der Waals surface area contributed by atoms with Crippen molar-refractivity contribution in [3.63, 3.8) is 0 Å². The lowest BCUT2D eigenvalue weighted by atomic mass is 10.2. The summed E-state index contributed by atoms with van der Waals surface area (Å²) in [5, 5.41) is 4.53. The van der Waals surface area contributed by atoms with Crippen LogP contribution in [0.25, 0.3) is 5.69 Å². The predicted octanol–water partition coefficient (Wildman–Crippen LogP) is 4.24. The number of para-hydroxylation sites is 2. The quantitative estimate of drug-likeness (QED) is 0.433. The van der Waals surface area contributed by atoms with Gasteiger partial charge in [-0.1, -0.05) is 53.4 Å². The lowest BCUT2D eigenvalue weighted by Crippen LogP contribution is -2.49. The van der Waals surface area contributed by atoms with Crippen molar-refractivity contribution in [2.24, 2.45) is 0 Å². The highest BCUT2D eigenvalue weighted by molar-refractivity contribution is 8.01. The van der Waals surface area contributed by atoms with Crippen LogP contribution in [0, 0.1) is 9.77 Å². The fourth-order valence-electron chi connectivity index (χ4n) is 3.17. The molecule has 2 aromatic carbocycles. The number of nitrogens with zero attached hydrogens (tertiary/aromatic N) is 4. The van der Waals surface area contributed by atoms with Gasteiger partial charge in [0.2, 0.25) is 5.91 Å². The summed E-state index contributed by atoms with van der Waals surface area (Å²) in [5.74, 6) is 0.158. The van der Waals surface area contributed by atoms with E-state index in [9.17, 15) is 9.18 Å². The maximum absolute atomic E-state index is 14.0. The van der Waals surface area contributed by atoms with Crippen molar-refractivity contribution in [1.82, 2.24) is 14.7 Å². The van der Waals surface area contributed by atoms with Gasteiger partial charge in [-0.3, -0.25) is 4.79 Å². The minimum Gasteiger partial charge on any atom is -0.366 e. The van der Waals surface area contributed by atoms with Crippen LogP contribution in [0.5, 0.6) is 0 Å². The summed E-state index contributed by atoms with van der Waals surface area (Å²) >= 11 is 8.22. The van der Waals surface area contributed by atoms with Crippen LogP contribution in [0.3, 0.4) is 0 Å². The highest BCUT2D eigenvalue weighted by Gasteiger charge is 2.23. The summed E-state index contributed by atoms with van der Waals surface area (Å²) in [6.45, 7) is 2.42. The first-order valence-corrected chi connectivity index (χ1v) is 11.4. The van der Waals surface area contributed by atoms with Gasteiger partial charge in [-0.25, -0.2) is 9.07 Å². The fraction of sp³-hybridized carbons (Fsp3) is 0.250. The van der Waals surface area contributed by atoms with E-state index in [1.165, 1.54) is 29.2 Å². The molecule has 0 saturated carbocycles. The molecule has 1 aliphatic rings. The molecule has 150 valence electrons. The molecule has 0 aliphatic carbocycles. The first kappa shape index (κ1) is 20.1. The number of thioether (sulfide) groups is 1. The van der Waals surface area contributed by atoms with E-state index < -0.39 is 0 Å². The number of hydrogen-bond acceptors (Lipinski definition) is 6. The Morgan fingerprint density at radius 2 is 1.76 bits per heavy atom. The smallest absolute Gasteiger partial charge is 0.233 e. The Bertz CT molecular complexity index is 1050. The summed E-state index contributed by atoms with van der Waals surface area (Å²) in [5.41, 5.74) is 1.51. The van der Waals surface area contributed by atoms with E-state index >= 15 is 0 Å². The number of benzene rings is 2. The molecule has 0 bridgehead atoms. The molecule has 1 fully saturated rings. The van der Waals surface area contributed by atoms with E-state index in [0.717, 1.165) is 10.0 Å². The average molecular weight is 447 g/mol. The minimum atomic E-state index is -0.224. The molecule has 0 N–H and O–H groups in total. The van der Waals surface area contributed by atoms with E-state index in [1.54, 1.807) is 16.8 Å². The van der Waals surface area contributed by atoms with Gasteiger partial charge in [0, 0.05) is 26.2 Å². The third-order valence-electron chi connectivity index (χ3n) is 4.67. The molecule has 1 saturated heterocycles. The van der Waals surface area contributed by atoms with E-state index in [-0.39, 0.29) is 11.7 Å². The molecule has 9 heteroatoms. The minimum absolute atomic E-state index is 0.0653. The number of carbonyl (C=O) groups is 1. The molecule has 0 radical (unpaired) electrons. The Labute approximate surface area is 181 Å². The number of halogens is 1. The molecule has 0 spiro atoms. The van der Waals surface area contributed by atoms with Gasteiger partial charge in [0.05, 0.1) is 17.1 Å². The van der Waals surface area contributed by atoms with Crippen molar-refractivity contribution in [3.8, 4) is 5.69 Å². The van der Waals surface area contributed by atoms with E-state index in [4.69, 9.17) is 12.2 Å². The number of piperazine rings is 1. The average Bonchev–Trinajstić information content (AvgIpc) is 3.14. The van der Waals surface area contributed by atoms with Gasteiger partial charge in [0.25, 0.3) is 0 Å². The number of carbonyl (C=O) groups excluding carboxylic acids is 1. The van der Waals surface area contributed by atoms with Gasteiger partial charge in [0.1, 0.15) is 5.82 Å². The Morgan fingerprint density at radius 3 is 2.48 bits per heavy atom. The van der Waals surface area contributed by atoms with Crippen molar-refractivity contribution in [3.05, 3.63) is 64.4 Å². The van der Waals surface area contributed by atoms with E-state index in [2.05, 4.69) is 5.10 Å². The monoisotopic (exact) mass is 446 g/mol. The van der Waals surface area contributed by atoms with Crippen molar-refractivity contribution in [1.29, 1.82) is 0 Å². The summed E-state index contributed by atoms with van der Waals surface area (Å²) < 4.78 is 17.1. The third-order valence-corrected chi connectivity index (χ3v) is 7.02. The van der Waals surface area contributed by atoms with Crippen molar-refractivity contribution < 1.29 is 9.18 Å². The second-order valence-electron chi connectivity index (χ2n) is 6.49. The first-order chi connectivity index (χ1) is 14.1. The van der Waals surface area contributed by atoms with Crippen LogP contribution in [0.15, 0.2) is 58.9 Å². The number of amides is 1. The lowest BCUT2D eigenvalue weighted by molar-refractivity contribution is -0.128.